The highest BCUT2D eigenvalue weighted by molar-refractivity contribution is 7.89. The van der Waals surface area contributed by atoms with Crippen LogP contribution in [0.5, 0.6) is 0 Å². The highest BCUT2D eigenvalue weighted by Gasteiger charge is 2.41. The van der Waals surface area contributed by atoms with E-state index in [1.165, 1.54) is 21.7 Å². The Balaban J connectivity index is 1.63. The summed E-state index contributed by atoms with van der Waals surface area (Å²) in [6, 6.07) is 12.9. The van der Waals surface area contributed by atoms with E-state index in [-0.39, 0.29) is 22.4 Å². The predicted molar refractivity (Wildman–Crippen MR) is 157 cm³/mol. The molecule has 1 unspecified atom stereocenters. The molecular weight excluding hydrogens is 548 g/mol. The van der Waals surface area contributed by atoms with Crippen LogP contribution in [0.1, 0.15) is 54.1 Å². The summed E-state index contributed by atoms with van der Waals surface area (Å²) in [6.07, 6.45) is 5.26. The summed E-state index contributed by atoms with van der Waals surface area (Å²) in [5, 5.41) is 18.8. The monoisotopic (exact) mass is 582 g/mol. The van der Waals surface area contributed by atoms with Crippen LogP contribution in [-0.2, 0) is 14.8 Å². The molecule has 1 amide bonds. The maximum atomic E-state index is 14.2. The molecule has 1 saturated carbocycles. The molecule has 2 heterocycles. The number of carbonyl (C=O) groups is 2. The quantitative estimate of drug-likeness (QED) is 0.356. The number of hydrogen-bond donors (Lipinski definition) is 3. The number of carbonyl (C=O) groups excluding carboxylic acids is 1. The summed E-state index contributed by atoms with van der Waals surface area (Å²) in [5.41, 5.74) is 2.25. The number of hydrogen-bond acceptors (Lipinski definition) is 7. The van der Waals surface area contributed by atoms with Crippen molar-refractivity contribution in [3.63, 3.8) is 0 Å². The minimum Gasteiger partial charge on any atom is -0.479 e. The maximum absolute atomic E-state index is 14.2. The zero-order valence-corrected chi connectivity index (χ0v) is 24.2. The molecule has 2 aromatic carbocycles. The first-order valence-electron chi connectivity index (χ1n) is 13.4. The number of sulfonamides is 1. The third-order valence-electron chi connectivity index (χ3n) is 8.06. The molecule has 0 saturated heterocycles. The lowest BCUT2D eigenvalue weighted by molar-refractivity contribution is -0.139. The number of benzene rings is 2. The average molecular weight is 583 g/mol. The number of thiophene rings is 1. The minimum atomic E-state index is -4.00. The second-order valence-electron chi connectivity index (χ2n) is 10.3. The normalized spacial score (nSPS) is 20.2. The van der Waals surface area contributed by atoms with Crippen molar-refractivity contribution in [1.29, 1.82) is 0 Å². The van der Waals surface area contributed by atoms with Crippen molar-refractivity contribution in [2.24, 2.45) is 5.92 Å². The number of rotatable bonds is 7. The van der Waals surface area contributed by atoms with Gasteiger partial charge in [-0.3, -0.25) is 4.79 Å². The Bertz CT molecular complexity index is 1470. The van der Waals surface area contributed by atoms with E-state index in [1.807, 2.05) is 35.2 Å². The summed E-state index contributed by atoms with van der Waals surface area (Å²) in [5.74, 6) is -1.66. The van der Waals surface area contributed by atoms with Gasteiger partial charge in [-0.2, -0.15) is 15.6 Å². The highest BCUT2D eigenvalue weighted by atomic mass is 32.2. The molecular formula is C29H34N4O5S2. The maximum Gasteiger partial charge on any atom is 0.330 e. The number of nitrogens with zero attached hydrogens (tertiary/aromatic N) is 2. The van der Waals surface area contributed by atoms with E-state index in [1.54, 1.807) is 37.0 Å². The predicted octanol–water partition coefficient (Wildman–Crippen LogP) is 5.07. The van der Waals surface area contributed by atoms with Crippen molar-refractivity contribution in [3.8, 4) is 0 Å². The lowest BCUT2D eigenvalue weighted by atomic mass is 9.83. The van der Waals surface area contributed by atoms with E-state index in [4.69, 9.17) is 0 Å². The first kappa shape index (κ1) is 28.1. The summed E-state index contributed by atoms with van der Waals surface area (Å²) in [7, 11) is -0.708. The smallest absolute Gasteiger partial charge is 0.330 e. The summed E-state index contributed by atoms with van der Waals surface area (Å²) >= 11 is 1.33. The van der Waals surface area contributed by atoms with Crippen LogP contribution in [0, 0.1) is 5.92 Å². The molecule has 0 bridgehead atoms. The van der Waals surface area contributed by atoms with Gasteiger partial charge in [0.2, 0.25) is 10.0 Å². The van der Waals surface area contributed by atoms with Crippen LogP contribution in [0.15, 0.2) is 64.2 Å². The molecule has 1 aliphatic carbocycles. The number of likely N-dealkylation sites (N-methyl/N-ethyl adjacent to an activating group) is 1. The fourth-order valence-corrected chi connectivity index (χ4v) is 8.16. The standard InChI is InChI=1S/C29H34N4O5S2/c1-30-23-16-24-26(15-22(23)28(34)31-27(29(35)36)20-13-14-39-18-20)40(37,38)32(2)25(19-9-5-3-6-10-19)17-33(24)21-11-7-4-8-12-21/h4,7-8,11-16,18-19,25,27,30H,3,5-6,9-10,17H2,1-2H3,(H,31,34)(H,35,36)/t25-,27?/m0/s1. The average Bonchev–Trinajstić information content (AvgIpc) is 3.48. The van der Waals surface area contributed by atoms with Gasteiger partial charge in [-0.05, 0) is 65.4 Å². The van der Waals surface area contributed by atoms with Gasteiger partial charge >= 0.3 is 5.97 Å². The minimum absolute atomic E-state index is 0.0173. The lowest BCUT2D eigenvalue weighted by Gasteiger charge is -2.36. The molecule has 2 aliphatic rings. The molecule has 3 aromatic rings. The Labute approximate surface area is 238 Å². The van der Waals surface area contributed by atoms with Crippen LogP contribution >= 0.6 is 11.3 Å². The molecule has 1 aliphatic heterocycles. The molecule has 9 nitrogen and oxygen atoms in total. The second kappa shape index (κ2) is 11.6. The summed E-state index contributed by atoms with van der Waals surface area (Å²) < 4.78 is 29.9. The van der Waals surface area contributed by atoms with Crippen LogP contribution in [0.25, 0.3) is 0 Å². The molecule has 11 heteroatoms. The molecule has 1 fully saturated rings. The van der Waals surface area contributed by atoms with E-state index in [9.17, 15) is 23.1 Å². The third-order valence-corrected chi connectivity index (χ3v) is 10.7. The van der Waals surface area contributed by atoms with Gasteiger partial charge in [0.05, 0.1) is 11.3 Å². The van der Waals surface area contributed by atoms with Crippen LogP contribution in [0.3, 0.4) is 0 Å². The van der Waals surface area contributed by atoms with Gasteiger partial charge in [0.15, 0.2) is 6.04 Å². The fraction of sp³-hybridized carbons (Fsp3) is 0.379. The number of anilines is 3. The highest BCUT2D eigenvalue weighted by Crippen LogP contribution is 2.43. The van der Waals surface area contributed by atoms with Gasteiger partial charge in [-0.15, -0.1) is 0 Å². The molecule has 0 spiro atoms. The van der Waals surface area contributed by atoms with Crippen molar-refractivity contribution < 1.29 is 23.1 Å². The van der Waals surface area contributed by atoms with Crippen LogP contribution in [0.4, 0.5) is 17.1 Å². The van der Waals surface area contributed by atoms with Crippen molar-refractivity contribution in [3.05, 3.63) is 70.4 Å². The number of carboxylic acid groups (broad SMARTS) is 1. The van der Waals surface area contributed by atoms with Gasteiger partial charge in [-0.1, -0.05) is 37.5 Å². The van der Waals surface area contributed by atoms with E-state index in [0.29, 0.717) is 23.5 Å². The topological polar surface area (TPSA) is 119 Å². The van der Waals surface area contributed by atoms with Crippen molar-refractivity contribution in [1.82, 2.24) is 9.62 Å². The van der Waals surface area contributed by atoms with Crippen molar-refractivity contribution in [2.45, 2.75) is 49.1 Å². The van der Waals surface area contributed by atoms with E-state index in [2.05, 4.69) is 10.6 Å². The summed E-state index contributed by atoms with van der Waals surface area (Å²) in [6.45, 7) is 0.478. The van der Waals surface area contributed by atoms with Crippen LogP contribution in [0.2, 0.25) is 0 Å². The molecule has 40 heavy (non-hydrogen) atoms. The molecule has 0 radical (unpaired) electrons. The zero-order valence-electron chi connectivity index (χ0n) is 22.5. The fourth-order valence-electron chi connectivity index (χ4n) is 5.87. The number of fused-ring (bicyclic) bond motifs is 1. The Kier molecular flexibility index (Phi) is 8.16. The van der Waals surface area contributed by atoms with Gasteiger partial charge in [0, 0.05) is 38.1 Å². The van der Waals surface area contributed by atoms with E-state index >= 15 is 0 Å². The largest absolute Gasteiger partial charge is 0.479 e. The molecule has 3 N–H and O–H groups in total. The molecule has 212 valence electrons. The number of nitrogens with one attached hydrogen (secondary N) is 2. The number of amides is 1. The molecule has 5 rings (SSSR count). The van der Waals surface area contributed by atoms with E-state index in [0.717, 1.165) is 37.8 Å². The Morgan fingerprint density at radius 3 is 2.42 bits per heavy atom. The first-order valence-corrected chi connectivity index (χ1v) is 15.8. The van der Waals surface area contributed by atoms with Gasteiger partial charge in [0.1, 0.15) is 4.90 Å². The lowest BCUT2D eigenvalue weighted by Crippen LogP contribution is -2.46. The third kappa shape index (κ3) is 5.33. The first-order chi connectivity index (χ1) is 19.2. The molecule has 1 aromatic heterocycles. The Morgan fingerprint density at radius 2 is 1.80 bits per heavy atom. The number of aliphatic carboxylic acids is 1. The summed E-state index contributed by atoms with van der Waals surface area (Å²) in [4.78, 5) is 27.6. The van der Waals surface area contributed by atoms with Gasteiger partial charge in [0.25, 0.3) is 5.91 Å². The van der Waals surface area contributed by atoms with Crippen molar-refractivity contribution in [2.75, 3.05) is 30.9 Å². The van der Waals surface area contributed by atoms with Gasteiger partial charge in [-0.25, -0.2) is 13.2 Å². The number of carboxylic acids is 1. The Morgan fingerprint density at radius 1 is 1.07 bits per heavy atom. The zero-order chi connectivity index (χ0) is 28.4. The SMILES string of the molecule is CNc1cc2c(cc1C(=O)NC(C(=O)O)c1ccsc1)S(=O)(=O)N(C)[C@H](C1CCCCC1)CN2c1ccccc1. The van der Waals surface area contributed by atoms with Crippen LogP contribution < -0.4 is 15.5 Å². The van der Waals surface area contributed by atoms with E-state index < -0.39 is 27.9 Å². The molecule has 2 atom stereocenters. The van der Waals surface area contributed by atoms with Crippen molar-refractivity contribution >= 4 is 50.3 Å². The van der Waals surface area contributed by atoms with Gasteiger partial charge < -0.3 is 20.6 Å². The number of para-hydroxylation sites is 1. The Hall–Kier alpha value is -3.41. The second-order valence-corrected chi connectivity index (χ2v) is 13.1. The van der Waals surface area contributed by atoms with Crippen LogP contribution in [-0.4, -0.2) is 56.4 Å².